The highest BCUT2D eigenvalue weighted by atomic mass is 35.5. The molecule has 0 spiro atoms. The fraction of sp³-hybridized carbons (Fsp3) is 0.263. The van der Waals surface area contributed by atoms with Gasteiger partial charge in [-0.1, -0.05) is 41.6 Å². The highest BCUT2D eigenvalue weighted by molar-refractivity contribution is 7.99. The van der Waals surface area contributed by atoms with E-state index in [0.717, 1.165) is 11.4 Å². The molecule has 1 aromatic heterocycles. The Hall–Kier alpha value is -1.93. The molecule has 0 bridgehead atoms. The Kier molecular flexibility index (Phi) is 6.84. The fourth-order valence-electron chi connectivity index (χ4n) is 2.43. The van der Waals surface area contributed by atoms with Crippen molar-refractivity contribution >= 4 is 23.4 Å². The first-order valence-corrected chi connectivity index (χ1v) is 9.68. The number of rotatable bonds is 8. The van der Waals surface area contributed by atoms with Crippen LogP contribution in [0.2, 0.25) is 5.02 Å². The molecule has 0 unspecified atom stereocenters. The molecule has 1 heterocycles. The summed E-state index contributed by atoms with van der Waals surface area (Å²) in [5.74, 6) is 0.804. The van der Waals surface area contributed by atoms with Gasteiger partial charge >= 0.3 is 0 Å². The second-order valence-electron chi connectivity index (χ2n) is 5.94. The first-order valence-electron chi connectivity index (χ1n) is 8.32. The van der Waals surface area contributed by atoms with Crippen LogP contribution < -0.4 is 0 Å². The Morgan fingerprint density at radius 1 is 1.19 bits per heavy atom. The second-order valence-corrected chi connectivity index (χ2v) is 7.37. The Balaban J connectivity index is 1.50. The van der Waals surface area contributed by atoms with Crippen LogP contribution in [-0.2, 0) is 18.4 Å². The molecule has 0 saturated heterocycles. The van der Waals surface area contributed by atoms with E-state index < -0.39 is 6.10 Å². The Bertz CT molecular complexity index is 889. The van der Waals surface area contributed by atoms with Gasteiger partial charge in [0.15, 0.2) is 11.0 Å². The van der Waals surface area contributed by atoms with Crippen LogP contribution in [0.15, 0.2) is 53.7 Å². The number of hydrogen-bond acceptors (Lipinski definition) is 5. The lowest BCUT2D eigenvalue weighted by Crippen LogP contribution is -2.18. The van der Waals surface area contributed by atoms with Crippen LogP contribution in [0.25, 0.3) is 11.4 Å². The van der Waals surface area contributed by atoms with Gasteiger partial charge in [-0.15, -0.1) is 10.2 Å². The summed E-state index contributed by atoms with van der Waals surface area (Å²) in [6.45, 7) is 0.238. The average Bonchev–Trinajstić information content (AvgIpc) is 3.03. The average molecular weight is 408 g/mol. The van der Waals surface area contributed by atoms with E-state index in [1.54, 1.807) is 30.3 Å². The van der Waals surface area contributed by atoms with Crippen molar-refractivity contribution in [1.82, 2.24) is 14.8 Å². The summed E-state index contributed by atoms with van der Waals surface area (Å²) >= 11 is 7.29. The molecule has 0 radical (unpaired) electrons. The summed E-state index contributed by atoms with van der Waals surface area (Å²) in [7, 11) is 1.87. The molecule has 0 aliphatic carbocycles. The maximum absolute atomic E-state index is 13.5. The van der Waals surface area contributed by atoms with Crippen LogP contribution in [0.3, 0.4) is 0 Å². The van der Waals surface area contributed by atoms with E-state index in [0.29, 0.717) is 21.5 Å². The zero-order chi connectivity index (χ0) is 19.2. The first-order chi connectivity index (χ1) is 13.0. The molecule has 27 heavy (non-hydrogen) atoms. The van der Waals surface area contributed by atoms with E-state index in [-0.39, 0.29) is 19.0 Å². The normalized spacial score (nSPS) is 12.3. The monoisotopic (exact) mass is 407 g/mol. The van der Waals surface area contributed by atoms with Crippen molar-refractivity contribution < 1.29 is 14.2 Å². The molecule has 0 aliphatic rings. The molecule has 2 aromatic carbocycles. The molecule has 3 aromatic rings. The maximum Gasteiger partial charge on any atom is 0.191 e. The van der Waals surface area contributed by atoms with Gasteiger partial charge in [0.1, 0.15) is 5.82 Å². The molecule has 0 saturated carbocycles. The van der Waals surface area contributed by atoms with Crippen LogP contribution >= 0.6 is 23.4 Å². The van der Waals surface area contributed by atoms with Gasteiger partial charge in [0, 0.05) is 29.0 Å². The van der Waals surface area contributed by atoms with Crippen LogP contribution in [0, 0.1) is 5.82 Å². The molecule has 3 rings (SSSR count). The number of aliphatic hydroxyl groups excluding tert-OH is 1. The highest BCUT2D eigenvalue weighted by Gasteiger charge is 2.14. The van der Waals surface area contributed by atoms with E-state index in [1.165, 1.54) is 17.8 Å². The molecular formula is C19H19ClFN3O2S. The number of aliphatic hydroxyl groups is 1. The third-order valence-corrected chi connectivity index (χ3v) is 5.28. The molecule has 0 amide bonds. The van der Waals surface area contributed by atoms with Gasteiger partial charge < -0.3 is 14.4 Å². The second kappa shape index (κ2) is 9.32. The SMILES string of the molecule is Cn1c(SC[C@H](O)COCc2ccccc2F)nnc1-c1ccc(Cl)cc1. The summed E-state index contributed by atoms with van der Waals surface area (Å²) in [5.41, 5.74) is 1.38. The van der Waals surface area contributed by atoms with Crippen LogP contribution in [-0.4, -0.2) is 38.3 Å². The van der Waals surface area contributed by atoms with Crippen molar-refractivity contribution in [3.63, 3.8) is 0 Å². The number of ether oxygens (including phenoxy) is 1. The molecule has 0 fully saturated rings. The molecule has 1 atom stereocenters. The molecule has 0 aliphatic heterocycles. The Labute approximate surface area is 166 Å². The molecule has 142 valence electrons. The van der Waals surface area contributed by atoms with Crippen LogP contribution in [0.5, 0.6) is 0 Å². The third-order valence-electron chi connectivity index (χ3n) is 3.87. The van der Waals surface area contributed by atoms with Gasteiger partial charge in [0.05, 0.1) is 19.3 Å². The maximum atomic E-state index is 13.5. The topological polar surface area (TPSA) is 60.2 Å². The third kappa shape index (κ3) is 5.29. The minimum absolute atomic E-state index is 0.114. The quantitative estimate of drug-likeness (QED) is 0.573. The van der Waals surface area contributed by atoms with E-state index in [4.69, 9.17) is 16.3 Å². The number of aromatic nitrogens is 3. The molecular weight excluding hydrogens is 389 g/mol. The largest absolute Gasteiger partial charge is 0.390 e. The zero-order valence-corrected chi connectivity index (χ0v) is 16.3. The van der Waals surface area contributed by atoms with Crippen molar-refractivity contribution in [3.8, 4) is 11.4 Å². The Morgan fingerprint density at radius 3 is 2.67 bits per heavy atom. The first kappa shape index (κ1) is 19.8. The number of nitrogens with zero attached hydrogens (tertiary/aromatic N) is 3. The van der Waals surface area contributed by atoms with Gasteiger partial charge in [0.25, 0.3) is 0 Å². The van der Waals surface area contributed by atoms with Gasteiger partial charge in [-0.25, -0.2) is 4.39 Å². The highest BCUT2D eigenvalue weighted by Crippen LogP contribution is 2.24. The lowest BCUT2D eigenvalue weighted by molar-refractivity contribution is 0.0386. The summed E-state index contributed by atoms with van der Waals surface area (Å²) in [6.07, 6.45) is -0.697. The summed E-state index contributed by atoms with van der Waals surface area (Å²) in [6, 6.07) is 13.8. The van der Waals surface area contributed by atoms with Crippen LogP contribution in [0.4, 0.5) is 4.39 Å². The van der Waals surface area contributed by atoms with Crippen molar-refractivity contribution in [2.24, 2.45) is 7.05 Å². The standard InChI is InChI=1S/C19H19ClFN3O2S/c1-24-18(13-6-8-15(20)9-7-13)22-23-19(24)27-12-16(25)11-26-10-14-4-2-3-5-17(14)21/h2-9,16,25H,10-12H2,1H3/t16-/m1/s1. The van der Waals surface area contributed by atoms with Crippen molar-refractivity contribution in [2.75, 3.05) is 12.4 Å². The fourth-order valence-corrected chi connectivity index (χ4v) is 3.37. The van der Waals surface area contributed by atoms with E-state index in [9.17, 15) is 9.50 Å². The van der Waals surface area contributed by atoms with E-state index in [2.05, 4.69) is 10.2 Å². The zero-order valence-electron chi connectivity index (χ0n) is 14.7. The smallest absolute Gasteiger partial charge is 0.191 e. The number of benzene rings is 2. The summed E-state index contributed by atoms with van der Waals surface area (Å²) < 4.78 is 20.8. The lowest BCUT2D eigenvalue weighted by atomic mass is 10.2. The predicted molar refractivity (Wildman–Crippen MR) is 104 cm³/mol. The van der Waals surface area contributed by atoms with E-state index in [1.807, 2.05) is 23.7 Å². The summed E-state index contributed by atoms with van der Waals surface area (Å²) in [4.78, 5) is 0. The van der Waals surface area contributed by atoms with Gasteiger partial charge in [0.2, 0.25) is 0 Å². The van der Waals surface area contributed by atoms with Crippen molar-refractivity contribution in [2.45, 2.75) is 17.9 Å². The predicted octanol–water partition coefficient (Wildman–Crippen LogP) is 3.94. The van der Waals surface area contributed by atoms with E-state index >= 15 is 0 Å². The van der Waals surface area contributed by atoms with Crippen molar-refractivity contribution in [3.05, 3.63) is 64.9 Å². The Morgan fingerprint density at radius 2 is 1.93 bits per heavy atom. The molecule has 8 heteroatoms. The van der Waals surface area contributed by atoms with Crippen molar-refractivity contribution in [1.29, 1.82) is 0 Å². The lowest BCUT2D eigenvalue weighted by Gasteiger charge is -2.11. The number of hydrogen-bond donors (Lipinski definition) is 1. The van der Waals surface area contributed by atoms with Gasteiger partial charge in [-0.05, 0) is 30.3 Å². The summed E-state index contributed by atoms with van der Waals surface area (Å²) in [5, 5.41) is 19.8. The van der Waals surface area contributed by atoms with Crippen LogP contribution in [0.1, 0.15) is 5.56 Å². The van der Waals surface area contributed by atoms with Gasteiger partial charge in [-0.3, -0.25) is 0 Å². The minimum atomic E-state index is -0.697. The number of halogens is 2. The number of thioether (sulfide) groups is 1. The van der Waals surface area contributed by atoms with Gasteiger partial charge in [-0.2, -0.15) is 0 Å². The molecule has 5 nitrogen and oxygen atoms in total. The molecule has 1 N–H and O–H groups in total. The minimum Gasteiger partial charge on any atom is -0.390 e.